The van der Waals surface area contributed by atoms with Crippen molar-refractivity contribution in [2.75, 3.05) is 7.11 Å². The maximum absolute atomic E-state index is 7.63. The van der Waals surface area contributed by atoms with Gasteiger partial charge in [0.05, 0.1) is 0 Å². The Morgan fingerprint density at radius 1 is 0.517 bits per heavy atom. The van der Waals surface area contributed by atoms with Crippen molar-refractivity contribution in [1.29, 1.82) is 0 Å². The van der Waals surface area contributed by atoms with E-state index >= 15 is 0 Å². The van der Waals surface area contributed by atoms with Crippen LogP contribution in [0.15, 0.2) is 182 Å². The summed E-state index contributed by atoms with van der Waals surface area (Å²) in [6.07, 6.45) is 4.75. The first-order valence-corrected chi connectivity index (χ1v) is 20.9. The van der Waals surface area contributed by atoms with Gasteiger partial charge in [0.1, 0.15) is 11.4 Å². The van der Waals surface area contributed by atoms with Gasteiger partial charge in [-0.25, -0.2) is 0 Å². The number of ether oxygens (including phenoxy) is 2. The van der Waals surface area contributed by atoms with Crippen LogP contribution in [0.25, 0.3) is 65.7 Å². The first kappa shape index (κ1) is 35.0. The molecule has 2 atom stereocenters. The van der Waals surface area contributed by atoms with Crippen LogP contribution in [0.4, 0.5) is 0 Å². The van der Waals surface area contributed by atoms with Gasteiger partial charge < -0.3 is 9.47 Å². The van der Waals surface area contributed by atoms with Gasteiger partial charge in [-0.1, -0.05) is 133 Å². The molecule has 0 fully saturated rings. The lowest BCUT2D eigenvalue weighted by Crippen LogP contribution is -2.33. The zero-order valence-corrected chi connectivity index (χ0v) is 34.1. The molecule has 0 bridgehead atoms. The molecule has 286 valence electrons. The number of benzene rings is 9. The molecule has 2 nitrogen and oxygen atoms in total. The molecule has 0 radical (unpaired) electrons. The summed E-state index contributed by atoms with van der Waals surface area (Å²) in [6, 6.07) is 62.3. The van der Waals surface area contributed by atoms with E-state index in [2.05, 4.69) is 203 Å². The molecule has 60 heavy (non-hydrogen) atoms. The van der Waals surface area contributed by atoms with Crippen molar-refractivity contribution in [3.63, 3.8) is 0 Å². The van der Waals surface area contributed by atoms with E-state index in [0.717, 1.165) is 39.0 Å². The van der Waals surface area contributed by atoms with Crippen LogP contribution in [-0.2, 0) is 15.9 Å². The summed E-state index contributed by atoms with van der Waals surface area (Å²) in [5.41, 5.74) is 16.2. The van der Waals surface area contributed by atoms with Crippen molar-refractivity contribution in [2.24, 2.45) is 0 Å². The van der Waals surface area contributed by atoms with Crippen molar-refractivity contribution in [3.8, 4) is 28.0 Å². The summed E-state index contributed by atoms with van der Waals surface area (Å²) in [7, 11) is 1.85. The predicted octanol–water partition coefficient (Wildman–Crippen LogP) is 14.5. The molecule has 1 spiro atoms. The van der Waals surface area contributed by atoms with Gasteiger partial charge in [-0.2, -0.15) is 0 Å². The number of rotatable bonds is 4. The third-order valence-corrected chi connectivity index (χ3v) is 13.8. The fourth-order valence-electron chi connectivity index (χ4n) is 10.6. The van der Waals surface area contributed by atoms with E-state index in [9.17, 15) is 0 Å². The zero-order chi connectivity index (χ0) is 40.3. The van der Waals surface area contributed by atoms with Gasteiger partial charge in [-0.3, -0.25) is 0 Å². The summed E-state index contributed by atoms with van der Waals surface area (Å²) in [4.78, 5) is 0. The Hall–Kier alpha value is -7.00. The fraction of sp³-hybridized carbons (Fsp3) is 0.103. The van der Waals surface area contributed by atoms with Crippen molar-refractivity contribution in [1.82, 2.24) is 0 Å². The van der Waals surface area contributed by atoms with E-state index in [0.29, 0.717) is 0 Å². The Morgan fingerprint density at radius 3 is 1.83 bits per heavy atom. The Balaban J connectivity index is 1.08. The summed E-state index contributed by atoms with van der Waals surface area (Å²) in [5.74, 6) is 0.923. The minimum absolute atomic E-state index is 0.750. The van der Waals surface area contributed by atoms with Gasteiger partial charge in [0, 0.05) is 40.3 Å². The van der Waals surface area contributed by atoms with E-state index in [-0.39, 0.29) is 0 Å². The number of hydrogen-bond acceptors (Lipinski definition) is 2. The van der Waals surface area contributed by atoms with Crippen LogP contribution >= 0.6 is 0 Å². The highest BCUT2D eigenvalue weighted by Gasteiger charge is 2.48. The lowest BCUT2D eigenvalue weighted by atomic mass is 9.81. The minimum atomic E-state index is -0.841. The average Bonchev–Trinajstić information content (AvgIpc) is 3.70. The average molecular weight is 771 g/mol. The quantitative estimate of drug-likeness (QED) is 0.177. The monoisotopic (exact) mass is 770 g/mol. The van der Waals surface area contributed by atoms with Crippen LogP contribution in [-0.4, -0.2) is 7.11 Å². The Labute approximate surface area is 350 Å². The van der Waals surface area contributed by atoms with Crippen LogP contribution < -0.4 is 4.74 Å². The lowest BCUT2D eigenvalue weighted by Gasteiger charge is -2.37. The molecule has 0 saturated carbocycles. The van der Waals surface area contributed by atoms with Crippen molar-refractivity contribution < 1.29 is 9.47 Å². The third kappa shape index (κ3) is 4.80. The zero-order valence-electron chi connectivity index (χ0n) is 34.1. The summed E-state index contributed by atoms with van der Waals surface area (Å²) < 4.78 is 14.3. The fourth-order valence-corrected chi connectivity index (χ4v) is 10.6. The highest BCUT2D eigenvalue weighted by Crippen LogP contribution is 2.58. The molecule has 1 heterocycles. The van der Waals surface area contributed by atoms with E-state index in [4.69, 9.17) is 9.47 Å². The van der Waals surface area contributed by atoms with Gasteiger partial charge in [0.15, 0.2) is 5.60 Å². The maximum atomic E-state index is 7.63. The normalized spacial score (nSPS) is 18.5. The van der Waals surface area contributed by atoms with Gasteiger partial charge in [-0.15, -0.1) is 0 Å². The molecule has 1 aliphatic heterocycles. The number of fused-ring (bicyclic) bond motifs is 13. The highest BCUT2D eigenvalue weighted by molar-refractivity contribution is 6.02. The number of allylic oxidation sites excluding steroid dienone is 1. The SMILES string of the molecule is COC1(/C=C(\C)c2cccc(C3=CC4(Oc5c3ccc3c(C)c(C)ccc53)c3ccccc3-c3cc5ccccc5cc34)c2)c2ccccc2-c2cc3ccccc3cc21. The van der Waals surface area contributed by atoms with Crippen LogP contribution in [0.3, 0.4) is 0 Å². The van der Waals surface area contributed by atoms with Gasteiger partial charge in [0.2, 0.25) is 0 Å². The van der Waals surface area contributed by atoms with Crippen molar-refractivity contribution in [3.05, 3.63) is 232 Å². The standard InChI is InChI=1S/C58H42O2/c1-35-24-25-47-44(37(35)3)26-27-48-51(34-58(60-56(47)48)53-23-12-10-21-46(53)50-30-40-15-6-8-17-42(40)32-55(50)58)43-19-13-18-38(28-43)36(2)33-57(59-4)52-22-11-9-20-45(52)49-29-39-14-5-7-16-41(39)31-54(49)57/h5-34H,1-4H3/b36-33+. The molecule has 3 aliphatic rings. The molecule has 12 rings (SSSR count). The summed E-state index contributed by atoms with van der Waals surface area (Å²) in [5, 5.41) is 7.22. The second kappa shape index (κ2) is 12.7. The number of methoxy groups -OCH3 is 1. The minimum Gasteiger partial charge on any atom is -0.472 e. The molecule has 9 aromatic rings. The van der Waals surface area contributed by atoms with Crippen LogP contribution in [0, 0.1) is 13.8 Å². The Kier molecular flexibility index (Phi) is 7.43. The van der Waals surface area contributed by atoms with Crippen molar-refractivity contribution in [2.45, 2.75) is 32.0 Å². The van der Waals surface area contributed by atoms with Crippen molar-refractivity contribution >= 4 is 43.5 Å². The molecular weight excluding hydrogens is 729 g/mol. The van der Waals surface area contributed by atoms with E-state index in [1.807, 2.05) is 7.11 Å². The van der Waals surface area contributed by atoms with Gasteiger partial charge in [0.25, 0.3) is 0 Å². The van der Waals surface area contributed by atoms with E-state index in [1.54, 1.807) is 0 Å². The smallest absolute Gasteiger partial charge is 0.179 e. The maximum Gasteiger partial charge on any atom is 0.179 e. The molecular formula is C58H42O2. The molecule has 0 N–H and O–H groups in total. The van der Waals surface area contributed by atoms with Crippen LogP contribution in [0.5, 0.6) is 5.75 Å². The molecule has 0 saturated heterocycles. The van der Waals surface area contributed by atoms with E-state index in [1.165, 1.54) is 82.6 Å². The van der Waals surface area contributed by atoms with Crippen LogP contribution in [0.2, 0.25) is 0 Å². The first-order valence-electron chi connectivity index (χ1n) is 20.9. The Morgan fingerprint density at radius 2 is 1.12 bits per heavy atom. The molecule has 2 unspecified atom stereocenters. The van der Waals surface area contributed by atoms with Gasteiger partial charge in [-0.05, 0) is 152 Å². The first-order chi connectivity index (χ1) is 29.4. The Bertz CT molecular complexity index is 3380. The predicted molar refractivity (Wildman–Crippen MR) is 249 cm³/mol. The third-order valence-electron chi connectivity index (χ3n) is 13.8. The second-order valence-corrected chi connectivity index (χ2v) is 16.9. The summed E-state index contributed by atoms with van der Waals surface area (Å²) >= 11 is 0. The molecule has 9 aromatic carbocycles. The molecule has 0 aromatic heterocycles. The topological polar surface area (TPSA) is 18.5 Å². The van der Waals surface area contributed by atoms with E-state index < -0.39 is 11.2 Å². The lowest BCUT2D eigenvalue weighted by molar-refractivity contribution is 0.0699. The molecule has 2 heteroatoms. The molecule has 2 aliphatic carbocycles. The largest absolute Gasteiger partial charge is 0.472 e. The molecule has 0 amide bonds. The van der Waals surface area contributed by atoms with Gasteiger partial charge >= 0.3 is 0 Å². The van der Waals surface area contributed by atoms with Crippen LogP contribution in [0.1, 0.15) is 57.0 Å². The highest BCUT2D eigenvalue weighted by atomic mass is 16.5. The second-order valence-electron chi connectivity index (χ2n) is 16.9. The number of hydrogen-bond donors (Lipinski definition) is 0. The summed E-state index contributed by atoms with van der Waals surface area (Å²) in [6.45, 7) is 6.64. The number of aryl methyl sites for hydroxylation is 2.